The van der Waals surface area contributed by atoms with Gasteiger partial charge in [-0.15, -0.1) is 13.2 Å². The predicted octanol–water partition coefficient (Wildman–Crippen LogP) is 7.51. The Morgan fingerprint density at radius 1 is 0.919 bits per heavy atom. The molecule has 2 aromatic carbocycles. The summed E-state index contributed by atoms with van der Waals surface area (Å²) in [5.41, 5.74) is -1.49. The van der Waals surface area contributed by atoms with E-state index >= 15 is 0 Å². The molecule has 1 atom stereocenters. The van der Waals surface area contributed by atoms with E-state index in [1.165, 1.54) is 12.1 Å². The van der Waals surface area contributed by atoms with Crippen molar-refractivity contribution in [1.29, 1.82) is 0 Å². The van der Waals surface area contributed by atoms with Gasteiger partial charge in [0.1, 0.15) is 5.75 Å². The van der Waals surface area contributed by atoms with Gasteiger partial charge >= 0.3 is 12.5 Å². The summed E-state index contributed by atoms with van der Waals surface area (Å²) in [6.45, 7) is 7.52. The van der Waals surface area contributed by atoms with E-state index in [2.05, 4.69) is 10.1 Å². The number of hydrogen-bond acceptors (Lipinski definition) is 4. The molecule has 1 heterocycles. The van der Waals surface area contributed by atoms with Gasteiger partial charge in [0.2, 0.25) is 5.91 Å². The summed E-state index contributed by atoms with van der Waals surface area (Å²) in [7, 11) is 0. The lowest BCUT2D eigenvalue weighted by atomic mass is 9.62. The Balaban J connectivity index is 1.91. The Bertz CT molecular complexity index is 1270. The van der Waals surface area contributed by atoms with Crippen molar-refractivity contribution in [3.05, 3.63) is 52.6 Å². The molecule has 200 valence electrons. The molecule has 1 N–H and O–H groups in total. The van der Waals surface area contributed by atoms with Crippen LogP contribution in [0.25, 0.3) is 11.1 Å². The molecule has 4 rings (SSSR count). The lowest BCUT2D eigenvalue weighted by molar-refractivity contribution is -0.274. The smallest absolute Gasteiger partial charge is 0.405 e. The van der Waals surface area contributed by atoms with E-state index in [9.17, 15) is 35.9 Å². The molecule has 2 aromatic rings. The number of carbonyl (C=O) groups excluding carboxylic acids is 2. The van der Waals surface area contributed by atoms with E-state index in [0.29, 0.717) is 35.7 Å². The molecule has 0 bridgehead atoms. The minimum atomic E-state index is -5.17. The van der Waals surface area contributed by atoms with Crippen molar-refractivity contribution in [2.24, 2.45) is 0 Å². The van der Waals surface area contributed by atoms with Gasteiger partial charge in [-0.1, -0.05) is 51.6 Å². The van der Waals surface area contributed by atoms with Crippen molar-refractivity contribution < 1.29 is 40.7 Å². The van der Waals surface area contributed by atoms with Gasteiger partial charge in [0, 0.05) is 5.56 Å². The van der Waals surface area contributed by atoms with Gasteiger partial charge < -0.3 is 4.74 Å². The van der Waals surface area contributed by atoms with Crippen LogP contribution in [-0.4, -0.2) is 22.8 Å². The molecule has 37 heavy (non-hydrogen) atoms. The van der Waals surface area contributed by atoms with Gasteiger partial charge in [-0.2, -0.15) is 13.2 Å². The Kier molecular flexibility index (Phi) is 6.62. The SMILES string of the molecule is CC1(C)CCC(C)(C)c2cc(C(F)(F)F)c(-c3ccc(CC4SC(=O)NC4=O)cc3OC(F)(F)F)cc21. The molecule has 0 spiro atoms. The number of ether oxygens (including phenoxy) is 1. The molecule has 4 nitrogen and oxygen atoms in total. The number of carbonyl (C=O) groups is 2. The third kappa shape index (κ3) is 5.61. The first kappa shape index (κ1) is 27.3. The second-order valence-corrected chi connectivity index (χ2v) is 11.9. The Morgan fingerprint density at radius 3 is 2.03 bits per heavy atom. The van der Waals surface area contributed by atoms with Crippen molar-refractivity contribution in [1.82, 2.24) is 5.32 Å². The van der Waals surface area contributed by atoms with Crippen LogP contribution >= 0.6 is 11.8 Å². The van der Waals surface area contributed by atoms with Gasteiger partial charge in [0.05, 0.1) is 10.8 Å². The van der Waals surface area contributed by atoms with Crippen LogP contribution in [0.5, 0.6) is 5.75 Å². The molecule has 0 radical (unpaired) electrons. The minimum Gasteiger partial charge on any atom is -0.405 e. The largest absolute Gasteiger partial charge is 0.573 e. The van der Waals surface area contributed by atoms with Gasteiger partial charge in [0.25, 0.3) is 5.24 Å². The fraction of sp³-hybridized carbons (Fsp3) is 0.462. The normalized spacial score (nSPS) is 21.0. The number of hydrogen-bond donors (Lipinski definition) is 1. The molecule has 1 fully saturated rings. The monoisotopic (exact) mass is 545 g/mol. The predicted molar refractivity (Wildman–Crippen MR) is 127 cm³/mol. The topological polar surface area (TPSA) is 55.4 Å². The summed E-state index contributed by atoms with van der Waals surface area (Å²) >= 11 is 0.697. The van der Waals surface area contributed by atoms with Crippen LogP contribution in [0.1, 0.15) is 62.8 Å². The highest BCUT2D eigenvalue weighted by molar-refractivity contribution is 8.15. The second-order valence-electron chi connectivity index (χ2n) is 10.7. The number of rotatable bonds is 4. The summed E-state index contributed by atoms with van der Waals surface area (Å²) in [5.74, 6) is -1.39. The van der Waals surface area contributed by atoms with Crippen molar-refractivity contribution in [2.75, 3.05) is 0 Å². The van der Waals surface area contributed by atoms with Crippen molar-refractivity contribution in [3.8, 4) is 16.9 Å². The minimum absolute atomic E-state index is 0.103. The van der Waals surface area contributed by atoms with Gasteiger partial charge in [-0.3, -0.25) is 14.9 Å². The number of imide groups is 1. The maximum absolute atomic E-state index is 14.3. The van der Waals surface area contributed by atoms with Gasteiger partial charge in [0.15, 0.2) is 0 Å². The zero-order valence-corrected chi connectivity index (χ0v) is 21.3. The number of thioether (sulfide) groups is 1. The second kappa shape index (κ2) is 8.96. The quantitative estimate of drug-likeness (QED) is 0.404. The van der Waals surface area contributed by atoms with E-state index in [1.807, 2.05) is 27.7 Å². The van der Waals surface area contributed by atoms with Crippen molar-refractivity contribution in [3.63, 3.8) is 0 Å². The molecule has 2 amide bonds. The Morgan fingerprint density at radius 2 is 1.51 bits per heavy atom. The number of fused-ring (bicyclic) bond motifs is 1. The van der Waals surface area contributed by atoms with E-state index in [-0.39, 0.29) is 17.5 Å². The van der Waals surface area contributed by atoms with Gasteiger partial charge in [-0.25, -0.2) is 0 Å². The third-order valence-corrected chi connectivity index (χ3v) is 8.03. The van der Waals surface area contributed by atoms with Crippen LogP contribution in [-0.2, 0) is 28.2 Å². The fourth-order valence-electron chi connectivity index (χ4n) is 4.94. The van der Waals surface area contributed by atoms with Crippen molar-refractivity contribution in [2.45, 2.75) is 75.6 Å². The Labute approximate surface area is 214 Å². The molecule has 1 saturated heterocycles. The average Bonchev–Trinajstić information content (AvgIpc) is 3.06. The van der Waals surface area contributed by atoms with Gasteiger partial charge in [-0.05, 0) is 70.5 Å². The van der Waals surface area contributed by atoms with Crippen LogP contribution in [0, 0.1) is 0 Å². The van der Waals surface area contributed by atoms with Crippen molar-refractivity contribution >= 4 is 22.9 Å². The summed E-state index contributed by atoms with van der Waals surface area (Å²) < 4.78 is 87.2. The molecule has 1 aliphatic heterocycles. The summed E-state index contributed by atoms with van der Waals surface area (Å²) in [6.07, 6.45) is -8.75. The molecule has 2 aliphatic rings. The van der Waals surface area contributed by atoms with Crippen LogP contribution in [0.15, 0.2) is 30.3 Å². The number of alkyl halides is 6. The molecule has 1 unspecified atom stereocenters. The zero-order chi connectivity index (χ0) is 27.6. The summed E-state index contributed by atoms with van der Waals surface area (Å²) in [6, 6.07) is 5.88. The molecular formula is C26H25F6NO3S. The first-order valence-electron chi connectivity index (χ1n) is 11.5. The highest BCUT2D eigenvalue weighted by Crippen LogP contribution is 2.51. The first-order valence-corrected chi connectivity index (χ1v) is 12.4. The first-order chi connectivity index (χ1) is 16.9. The average molecular weight is 546 g/mol. The van der Waals surface area contributed by atoms with Crippen LogP contribution < -0.4 is 10.1 Å². The molecular weight excluding hydrogens is 520 g/mol. The highest BCUT2D eigenvalue weighted by Gasteiger charge is 2.43. The molecule has 0 aromatic heterocycles. The highest BCUT2D eigenvalue weighted by atomic mass is 32.2. The maximum atomic E-state index is 14.3. The number of nitrogens with one attached hydrogen (secondary N) is 1. The summed E-state index contributed by atoms with van der Waals surface area (Å²) in [5, 5.41) is 0.651. The van der Waals surface area contributed by atoms with E-state index < -0.39 is 56.6 Å². The van der Waals surface area contributed by atoms with E-state index in [4.69, 9.17) is 0 Å². The fourth-order valence-corrected chi connectivity index (χ4v) is 5.80. The number of halogens is 6. The Hall–Kier alpha value is -2.69. The third-order valence-electron chi connectivity index (χ3n) is 7.05. The summed E-state index contributed by atoms with van der Waals surface area (Å²) in [4.78, 5) is 23.4. The molecule has 11 heteroatoms. The molecule has 0 saturated carbocycles. The lowest BCUT2D eigenvalue weighted by Crippen LogP contribution is -2.34. The van der Waals surface area contributed by atoms with E-state index in [1.54, 1.807) is 0 Å². The molecule has 1 aliphatic carbocycles. The zero-order valence-electron chi connectivity index (χ0n) is 20.5. The van der Waals surface area contributed by atoms with Crippen LogP contribution in [0.2, 0.25) is 0 Å². The number of amides is 2. The van der Waals surface area contributed by atoms with E-state index in [0.717, 1.165) is 18.2 Å². The standard InChI is InChI=1S/C26H25F6NO3S/c1-23(2)7-8-24(3,4)18-12-16(25(27,28)29)15(11-17(18)23)14-6-5-13(9-19(14)36-26(30,31)32)10-20-21(34)33-22(35)37-20/h5-6,9,11-12,20H,7-8,10H2,1-4H3,(H,33,34,35). The lowest BCUT2D eigenvalue weighted by Gasteiger charge is -2.42. The van der Waals surface area contributed by atoms with Crippen LogP contribution in [0.3, 0.4) is 0 Å². The maximum Gasteiger partial charge on any atom is 0.573 e. The van der Waals surface area contributed by atoms with Crippen LogP contribution in [0.4, 0.5) is 31.1 Å². The number of benzene rings is 2.